The number of ether oxygens (including phenoxy) is 3. The molecule has 0 aliphatic heterocycles. The number of aromatic amines is 2. The van der Waals surface area contributed by atoms with Gasteiger partial charge in [-0.1, -0.05) is 6.07 Å². The lowest BCUT2D eigenvalue weighted by Gasteiger charge is -2.13. The van der Waals surface area contributed by atoms with E-state index in [1.54, 1.807) is 39.9 Å². The first-order chi connectivity index (χ1) is 17.2. The van der Waals surface area contributed by atoms with E-state index in [0.717, 1.165) is 44.6 Å². The van der Waals surface area contributed by atoms with Gasteiger partial charge < -0.3 is 23.6 Å². The summed E-state index contributed by atoms with van der Waals surface area (Å²) in [6.07, 6.45) is 5.31. The van der Waals surface area contributed by atoms with Gasteiger partial charge in [-0.05, 0) is 35.9 Å². The Bertz CT molecular complexity index is 1640. The quantitative estimate of drug-likeness (QED) is 0.335. The molecule has 6 rings (SSSR count). The lowest BCUT2D eigenvalue weighted by atomic mass is 10.1. The molecule has 0 aliphatic carbocycles. The number of rotatable bonds is 6. The van der Waals surface area contributed by atoms with Crippen molar-refractivity contribution in [2.45, 2.75) is 0 Å². The maximum Gasteiger partial charge on any atom is 0.203 e. The molecule has 4 heterocycles. The van der Waals surface area contributed by atoms with Crippen LogP contribution >= 0.6 is 0 Å². The molecule has 0 fully saturated rings. The second kappa shape index (κ2) is 8.21. The molecule has 0 bridgehead atoms. The predicted octanol–water partition coefficient (Wildman–Crippen LogP) is 5.45. The summed E-state index contributed by atoms with van der Waals surface area (Å²) in [5, 5.41) is 6.81. The molecule has 0 atom stereocenters. The van der Waals surface area contributed by atoms with E-state index < -0.39 is 0 Å². The van der Waals surface area contributed by atoms with Crippen LogP contribution in [0.2, 0.25) is 0 Å². The summed E-state index contributed by atoms with van der Waals surface area (Å²) in [7, 11) is 4.75. The summed E-state index contributed by atoms with van der Waals surface area (Å²) in [4.78, 5) is 12.6. The topological polar surface area (TPSA) is 111 Å². The number of H-pyrrole nitrogens is 2. The van der Waals surface area contributed by atoms with Gasteiger partial charge in [0.2, 0.25) is 5.75 Å². The van der Waals surface area contributed by atoms with Crippen LogP contribution in [-0.2, 0) is 0 Å². The van der Waals surface area contributed by atoms with Crippen molar-refractivity contribution in [3.8, 4) is 51.1 Å². The standard InChI is InChI=1S/C26H21N5O4/c1-32-22-9-15(10-23(33-2)25(22)34-3)21-11-20-24(35-21)17(6-7-27-20)14-4-5-18-19(8-14)31-26(30-18)16-12-28-29-13-16/h4-13H,1-3H3,(H,28,29)(H,30,31). The zero-order valence-electron chi connectivity index (χ0n) is 19.2. The molecular weight excluding hydrogens is 446 g/mol. The number of benzene rings is 2. The van der Waals surface area contributed by atoms with Gasteiger partial charge in [-0.15, -0.1) is 0 Å². The number of pyridine rings is 1. The first-order valence-corrected chi connectivity index (χ1v) is 10.9. The van der Waals surface area contributed by atoms with Gasteiger partial charge in [-0.2, -0.15) is 5.10 Å². The van der Waals surface area contributed by atoms with Crippen molar-refractivity contribution < 1.29 is 18.6 Å². The number of furan rings is 1. The Morgan fingerprint density at radius 2 is 1.66 bits per heavy atom. The fourth-order valence-corrected chi connectivity index (χ4v) is 4.22. The van der Waals surface area contributed by atoms with Crippen LogP contribution in [0.4, 0.5) is 0 Å². The monoisotopic (exact) mass is 467 g/mol. The van der Waals surface area contributed by atoms with Gasteiger partial charge in [0.1, 0.15) is 17.1 Å². The number of nitrogens with zero attached hydrogens (tertiary/aromatic N) is 3. The van der Waals surface area contributed by atoms with E-state index in [4.69, 9.17) is 23.6 Å². The van der Waals surface area contributed by atoms with Crippen molar-refractivity contribution in [1.29, 1.82) is 0 Å². The van der Waals surface area contributed by atoms with Crippen LogP contribution in [-0.4, -0.2) is 46.5 Å². The van der Waals surface area contributed by atoms with Crippen molar-refractivity contribution in [3.63, 3.8) is 0 Å². The van der Waals surface area contributed by atoms with E-state index >= 15 is 0 Å². The number of nitrogens with one attached hydrogen (secondary N) is 2. The van der Waals surface area contributed by atoms with E-state index in [1.165, 1.54) is 0 Å². The Hall–Kier alpha value is -4.79. The van der Waals surface area contributed by atoms with Crippen molar-refractivity contribution >= 4 is 22.1 Å². The second-order valence-electron chi connectivity index (χ2n) is 7.90. The fraction of sp³-hybridized carbons (Fsp3) is 0.115. The van der Waals surface area contributed by atoms with Crippen LogP contribution in [0.3, 0.4) is 0 Å². The fourth-order valence-electron chi connectivity index (χ4n) is 4.22. The summed E-state index contributed by atoms with van der Waals surface area (Å²) in [6.45, 7) is 0. The predicted molar refractivity (Wildman–Crippen MR) is 132 cm³/mol. The molecule has 174 valence electrons. The van der Waals surface area contributed by atoms with Gasteiger partial charge in [-0.3, -0.25) is 10.1 Å². The van der Waals surface area contributed by atoms with Crippen LogP contribution in [0, 0.1) is 0 Å². The number of aromatic nitrogens is 5. The third-order valence-electron chi connectivity index (χ3n) is 5.93. The van der Waals surface area contributed by atoms with E-state index in [0.29, 0.717) is 28.6 Å². The molecule has 6 aromatic rings. The zero-order valence-corrected chi connectivity index (χ0v) is 19.2. The highest BCUT2D eigenvalue weighted by Gasteiger charge is 2.18. The number of hydrogen-bond donors (Lipinski definition) is 2. The summed E-state index contributed by atoms with van der Waals surface area (Å²) >= 11 is 0. The Kier molecular flexibility index (Phi) is 4.88. The van der Waals surface area contributed by atoms with Crippen LogP contribution in [0.15, 0.2) is 65.5 Å². The number of imidazole rings is 1. The molecule has 2 N–H and O–H groups in total. The minimum absolute atomic E-state index is 0.524. The first kappa shape index (κ1) is 20.8. The van der Waals surface area contributed by atoms with E-state index in [9.17, 15) is 0 Å². The first-order valence-electron chi connectivity index (χ1n) is 10.9. The molecule has 0 radical (unpaired) electrons. The molecule has 0 unspecified atom stereocenters. The summed E-state index contributed by atoms with van der Waals surface area (Å²) in [5.41, 5.74) is 6.79. The maximum absolute atomic E-state index is 6.33. The normalized spacial score (nSPS) is 11.3. The van der Waals surface area contributed by atoms with Gasteiger partial charge in [0.15, 0.2) is 17.1 Å². The van der Waals surface area contributed by atoms with Crippen molar-refractivity contribution in [1.82, 2.24) is 25.1 Å². The molecule has 4 aromatic heterocycles. The molecule has 9 nitrogen and oxygen atoms in total. The molecule has 0 amide bonds. The molecule has 0 spiro atoms. The van der Waals surface area contributed by atoms with Crippen LogP contribution in [0.1, 0.15) is 0 Å². The summed E-state index contributed by atoms with van der Waals surface area (Å²) in [6, 6.07) is 13.6. The average Bonchev–Trinajstić information content (AvgIpc) is 3.65. The lowest BCUT2D eigenvalue weighted by Crippen LogP contribution is -1.95. The zero-order chi connectivity index (χ0) is 23.9. The van der Waals surface area contributed by atoms with Crippen LogP contribution in [0.5, 0.6) is 17.2 Å². The van der Waals surface area contributed by atoms with Crippen LogP contribution in [0.25, 0.3) is 56.0 Å². The van der Waals surface area contributed by atoms with Crippen molar-refractivity contribution in [3.05, 3.63) is 61.1 Å². The highest BCUT2D eigenvalue weighted by atomic mass is 16.5. The molecule has 0 aliphatic rings. The highest BCUT2D eigenvalue weighted by molar-refractivity contribution is 5.95. The number of fused-ring (bicyclic) bond motifs is 2. The summed E-state index contributed by atoms with van der Waals surface area (Å²) < 4.78 is 22.8. The van der Waals surface area contributed by atoms with Gasteiger partial charge in [0.25, 0.3) is 0 Å². The minimum Gasteiger partial charge on any atom is -0.493 e. The lowest BCUT2D eigenvalue weighted by molar-refractivity contribution is 0.324. The average molecular weight is 467 g/mol. The summed E-state index contributed by atoms with van der Waals surface area (Å²) in [5.74, 6) is 3.02. The maximum atomic E-state index is 6.33. The van der Waals surface area contributed by atoms with Crippen molar-refractivity contribution in [2.24, 2.45) is 0 Å². The van der Waals surface area contributed by atoms with Gasteiger partial charge in [0.05, 0.1) is 44.1 Å². The SMILES string of the molecule is COc1cc(-c2cc3nccc(-c4ccc5[nH]c(-c6cn[nH]c6)nc5c4)c3o2)cc(OC)c1OC. The minimum atomic E-state index is 0.524. The number of methoxy groups -OCH3 is 3. The van der Waals surface area contributed by atoms with E-state index in [-0.39, 0.29) is 0 Å². The molecule has 35 heavy (non-hydrogen) atoms. The van der Waals surface area contributed by atoms with Gasteiger partial charge >= 0.3 is 0 Å². The highest BCUT2D eigenvalue weighted by Crippen LogP contribution is 2.43. The molecule has 2 aromatic carbocycles. The van der Waals surface area contributed by atoms with E-state index in [1.807, 2.05) is 42.5 Å². The Morgan fingerprint density at radius 1 is 0.829 bits per heavy atom. The molecular formula is C26H21N5O4. The van der Waals surface area contributed by atoms with Gasteiger partial charge in [0, 0.05) is 29.6 Å². The number of hydrogen-bond acceptors (Lipinski definition) is 7. The van der Waals surface area contributed by atoms with Crippen molar-refractivity contribution in [2.75, 3.05) is 21.3 Å². The third kappa shape index (κ3) is 3.45. The van der Waals surface area contributed by atoms with E-state index in [2.05, 4.69) is 20.2 Å². The van der Waals surface area contributed by atoms with Crippen LogP contribution < -0.4 is 14.2 Å². The van der Waals surface area contributed by atoms with Gasteiger partial charge in [-0.25, -0.2) is 4.98 Å². The Balaban J connectivity index is 1.45. The third-order valence-corrected chi connectivity index (χ3v) is 5.93. The largest absolute Gasteiger partial charge is 0.493 e. The Morgan fingerprint density at radius 3 is 2.37 bits per heavy atom. The Labute approximate surface area is 199 Å². The molecule has 9 heteroatoms. The second-order valence-corrected chi connectivity index (χ2v) is 7.90. The molecule has 0 saturated carbocycles. The smallest absolute Gasteiger partial charge is 0.203 e. The molecule has 0 saturated heterocycles.